The molecule has 0 atom stereocenters. The smallest absolute Gasteiger partial charge is 0.257 e. The van der Waals surface area contributed by atoms with Gasteiger partial charge in [0.2, 0.25) is 10.0 Å². The summed E-state index contributed by atoms with van der Waals surface area (Å²) in [6.45, 7) is 0.943. The van der Waals surface area contributed by atoms with Gasteiger partial charge in [-0.05, 0) is 49.2 Å². The van der Waals surface area contributed by atoms with Gasteiger partial charge in [-0.15, -0.1) is 0 Å². The summed E-state index contributed by atoms with van der Waals surface area (Å²) >= 11 is 6.19. The molecule has 7 nitrogen and oxygen atoms in total. The van der Waals surface area contributed by atoms with Gasteiger partial charge in [0, 0.05) is 38.4 Å². The van der Waals surface area contributed by atoms with E-state index in [1.807, 2.05) is 0 Å². The Labute approximate surface area is 181 Å². The summed E-state index contributed by atoms with van der Waals surface area (Å²) in [5.74, 6) is -0.746. The van der Waals surface area contributed by atoms with Crippen LogP contribution in [0.25, 0.3) is 0 Å². The molecule has 2 aromatic carbocycles. The first-order valence-electron chi connectivity index (χ1n) is 9.63. The summed E-state index contributed by atoms with van der Waals surface area (Å²) in [5, 5.41) is 2.83. The van der Waals surface area contributed by atoms with Crippen molar-refractivity contribution in [2.45, 2.75) is 24.2 Å². The number of rotatable bonds is 5. The van der Waals surface area contributed by atoms with E-state index >= 15 is 0 Å². The van der Waals surface area contributed by atoms with Crippen LogP contribution in [0.1, 0.15) is 40.0 Å². The van der Waals surface area contributed by atoms with E-state index in [2.05, 4.69) is 5.32 Å². The van der Waals surface area contributed by atoms with Crippen LogP contribution in [-0.2, 0) is 10.0 Å². The zero-order valence-corrected chi connectivity index (χ0v) is 18.5. The Morgan fingerprint density at radius 2 is 1.73 bits per heavy atom. The molecule has 1 aliphatic heterocycles. The largest absolute Gasteiger partial charge is 0.345 e. The number of nitrogens with zero attached hydrogens (tertiary/aromatic N) is 2. The second-order valence-corrected chi connectivity index (χ2v) is 9.69. The summed E-state index contributed by atoms with van der Waals surface area (Å²) in [4.78, 5) is 26.4. The average molecular weight is 450 g/mol. The molecular formula is C21H24ClN3O4S. The molecule has 1 fully saturated rings. The van der Waals surface area contributed by atoms with E-state index in [1.165, 1.54) is 27.4 Å². The minimum atomic E-state index is -3.69. The van der Waals surface area contributed by atoms with Crippen molar-refractivity contribution in [2.75, 3.05) is 32.5 Å². The Balaban J connectivity index is 1.86. The van der Waals surface area contributed by atoms with Crippen molar-refractivity contribution < 1.29 is 18.0 Å². The highest BCUT2D eigenvalue weighted by Gasteiger charge is 2.27. The maximum Gasteiger partial charge on any atom is 0.257 e. The Kier molecular flexibility index (Phi) is 6.80. The lowest BCUT2D eigenvalue weighted by Crippen LogP contribution is -2.35. The normalized spacial score (nSPS) is 14.9. The molecule has 0 unspecified atom stereocenters. The van der Waals surface area contributed by atoms with Crippen LogP contribution < -0.4 is 5.32 Å². The fraction of sp³-hybridized carbons (Fsp3) is 0.333. The summed E-state index contributed by atoms with van der Waals surface area (Å²) in [5.41, 5.74) is 0.887. The van der Waals surface area contributed by atoms with Crippen LogP contribution in [0.3, 0.4) is 0 Å². The van der Waals surface area contributed by atoms with Gasteiger partial charge < -0.3 is 10.2 Å². The van der Waals surface area contributed by atoms with Crippen LogP contribution in [-0.4, -0.2) is 56.6 Å². The van der Waals surface area contributed by atoms with E-state index in [-0.39, 0.29) is 21.4 Å². The van der Waals surface area contributed by atoms with Crippen molar-refractivity contribution in [3.05, 3.63) is 58.6 Å². The minimum Gasteiger partial charge on any atom is -0.345 e. The zero-order valence-electron chi connectivity index (χ0n) is 16.9. The van der Waals surface area contributed by atoms with Crippen LogP contribution in [0, 0.1) is 0 Å². The molecule has 1 aliphatic rings. The molecule has 0 spiro atoms. The second-order valence-electron chi connectivity index (χ2n) is 7.34. The number of sulfonamides is 1. The SMILES string of the molecule is CN(C)C(=O)c1cccc(NC(=O)c2cc(S(=O)(=O)N3CCCCC3)ccc2Cl)c1. The molecule has 1 saturated heterocycles. The lowest BCUT2D eigenvalue weighted by atomic mass is 10.1. The number of hydrogen-bond acceptors (Lipinski definition) is 4. The van der Waals surface area contributed by atoms with E-state index in [9.17, 15) is 18.0 Å². The Morgan fingerprint density at radius 1 is 1.03 bits per heavy atom. The van der Waals surface area contributed by atoms with Crippen LogP contribution in [0.5, 0.6) is 0 Å². The first-order chi connectivity index (χ1) is 14.2. The molecule has 1 heterocycles. The van der Waals surface area contributed by atoms with E-state index < -0.39 is 15.9 Å². The Hall–Kier alpha value is -2.42. The molecule has 2 aromatic rings. The third-order valence-electron chi connectivity index (χ3n) is 4.91. The van der Waals surface area contributed by atoms with Crippen molar-refractivity contribution in [2.24, 2.45) is 0 Å². The van der Waals surface area contributed by atoms with E-state index in [0.717, 1.165) is 19.3 Å². The quantitative estimate of drug-likeness (QED) is 0.757. The average Bonchev–Trinajstić information content (AvgIpc) is 2.74. The van der Waals surface area contributed by atoms with Crippen LogP contribution >= 0.6 is 11.6 Å². The molecule has 1 N–H and O–H groups in total. The molecule has 160 valence electrons. The number of halogens is 1. The third-order valence-corrected chi connectivity index (χ3v) is 7.13. The number of piperidine rings is 1. The van der Waals surface area contributed by atoms with E-state index in [0.29, 0.717) is 24.3 Å². The van der Waals surface area contributed by atoms with Crippen molar-refractivity contribution in [3.63, 3.8) is 0 Å². The Bertz CT molecular complexity index is 1060. The van der Waals surface area contributed by atoms with Gasteiger partial charge in [0.15, 0.2) is 0 Å². The summed E-state index contributed by atoms with van der Waals surface area (Å²) in [7, 11) is -0.410. The topological polar surface area (TPSA) is 86.8 Å². The van der Waals surface area contributed by atoms with Crippen LogP contribution in [0.2, 0.25) is 5.02 Å². The molecule has 0 radical (unpaired) electrons. The molecule has 3 rings (SSSR count). The first-order valence-corrected chi connectivity index (χ1v) is 11.4. The molecule has 30 heavy (non-hydrogen) atoms. The first kappa shape index (κ1) is 22.3. The van der Waals surface area contributed by atoms with Gasteiger partial charge in [-0.25, -0.2) is 8.42 Å². The fourth-order valence-corrected chi connectivity index (χ4v) is 5.03. The van der Waals surface area contributed by atoms with Gasteiger partial charge in [-0.2, -0.15) is 4.31 Å². The van der Waals surface area contributed by atoms with Gasteiger partial charge in [0.25, 0.3) is 11.8 Å². The standard InChI is InChI=1S/C21H24ClN3O4S/c1-24(2)21(27)15-7-6-8-16(13-15)23-20(26)18-14-17(9-10-19(18)22)30(28,29)25-11-4-3-5-12-25/h6-10,13-14H,3-5,11-12H2,1-2H3,(H,23,26). The van der Waals surface area contributed by atoms with E-state index in [1.54, 1.807) is 38.4 Å². The molecule has 2 amide bonds. The lowest BCUT2D eigenvalue weighted by Gasteiger charge is -2.26. The highest BCUT2D eigenvalue weighted by Crippen LogP contribution is 2.26. The monoisotopic (exact) mass is 449 g/mol. The number of carbonyl (C=O) groups excluding carboxylic acids is 2. The summed E-state index contributed by atoms with van der Waals surface area (Å²) in [6, 6.07) is 10.6. The van der Waals surface area contributed by atoms with Crippen molar-refractivity contribution in [1.82, 2.24) is 9.21 Å². The molecule has 0 saturated carbocycles. The van der Waals surface area contributed by atoms with Gasteiger partial charge in [0.1, 0.15) is 0 Å². The molecule has 0 aromatic heterocycles. The minimum absolute atomic E-state index is 0.0375. The maximum absolute atomic E-state index is 12.9. The number of amides is 2. The molecule has 9 heteroatoms. The third kappa shape index (κ3) is 4.83. The highest BCUT2D eigenvalue weighted by atomic mass is 35.5. The van der Waals surface area contributed by atoms with Crippen molar-refractivity contribution in [1.29, 1.82) is 0 Å². The number of benzene rings is 2. The van der Waals surface area contributed by atoms with Crippen molar-refractivity contribution >= 4 is 39.1 Å². The van der Waals surface area contributed by atoms with Gasteiger partial charge >= 0.3 is 0 Å². The molecule has 0 aliphatic carbocycles. The zero-order chi connectivity index (χ0) is 21.9. The van der Waals surface area contributed by atoms with Crippen LogP contribution in [0.15, 0.2) is 47.4 Å². The predicted molar refractivity (Wildman–Crippen MR) is 116 cm³/mol. The second kappa shape index (κ2) is 9.16. The number of anilines is 1. The number of nitrogens with one attached hydrogen (secondary N) is 1. The summed E-state index contributed by atoms with van der Waals surface area (Å²) in [6.07, 6.45) is 2.65. The van der Waals surface area contributed by atoms with Gasteiger partial charge in [-0.3, -0.25) is 9.59 Å². The fourth-order valence-electron chi connectivity index (χ4n) is 3.28. The molecular weight excluding hydrogens is 426 g/mol. The lowest BCUT2D eigenvalue weighted by molar-refractivity contribution is 0.0827. The highest BCUT2D eigenvalue weighted by molar-refractivity contribution is 7.89. The molecule has 0 bridgehead atoms. The van der Waals surface area contributed by atoms with Gasteiger partial charge in [0.05, 0.1) is 15.5 Å². The number of carbonyl (C=O) groups is 2. The van der Waals surface area contributed by atoms with E-state index in [4.69, 9.17) is 11.6 Å². The Morgan fingerprint density at radius 3 is 2.40 bits per heavy atom. The summed E-state index contributed by atoms with van der Waals surface area (Å²) < 4.78 is 27.3. The van der Waals surface area contributed by atoms with Crippen LogP contribution in [0.4, 0.5) is 5.69 Å². The van der Waals surface area contributed by atoms with Gasteiger partial charge in [-0.1, -0.05) is 24.1 Å². The van der Waals surface area contributed by atoms with Crippen molar-refractivity contribution in [3.8, 4) is 0 Å². The number of hydrogen-bond donors (Lipinski definition) is 1. The predicted octanol–water partition coefficient (Wildman–Crippen LogP) is 3.47. The maximum atomic E-state index is 12.9.